The summed E-state index contributed by atoms with van der Waals surface area (Å²) in [7, 11) is -3.80. The number of hydrogen-bond acceptors (Lipinski definition) is 7. The summed E-state index contributed by atoms with van der Waals surface area (Å²) in [5.74, 6) is -0.565. The van der Waals surface area contributed by atoms with Gasteiger partial charge in [0.25, 0.3) is 0 Å². The third-order valence-electron chi connectivity index (χ3n) is 4.66. The highest BCUT2D eigenvalue weighted by Crippen LogP contribution is 2.26. The van der Waals surface area contributed by atoms with Crippen molar-refractivity contribution in [1.82, 2.24) is 9.97 Å². The van der Waals surface area contributed by atoms with Crippen LogP contribution in [-0.4, -0.2) is 18.4 Å². The SMILES string of the molecule is N#Cc1ccc(-c2cccc(Nc3nc(Nc4ccc(S(N)(=O)=O)cc4)ncc3F)c2)cc1. The van der Waals surface area contributed by atoms with Crippen LogP contribution in [0.4, 0.5) is 27.5 Å². The summed E-state index contributed by atoms with van der Waals surface area (Å²) in [6, 6.07) is 22.2. The molecule has 0 aliphatic rings. The fourth-order valence-corrected chi connectivity index (χ4v) is 3.54. The first-order valence-electron chi connectivity index (χ1n) is 9.62. The van der Waals surface area contributed by atoms with Gasteiger partial charge in [0, 0.05) is 11.4 Å². The van der Waals surface area contributed by atoms with Crippen LogP contribution in [0.2, 0.25) is 0 Å². The topological polar surface area (TPSA) is 134 Å². The van der Waals surface area contributed by atoms with Crippen LogP contribution < -0.4 is 15.8 Å². The molecule has 3 aromatic carbocycles. The monoisotopic (exact) mass is 460 g/mol. The number of halogens is 1. The number of nitrogens with one attached hydrogen (secondary N) is 2. The zero-order valence-electron chi connectivity index (χ0n) is 17.0. The van der Waals surface area contributed by atoms with Crippen molar-refractivity contribution < 1.29 is 12.8 Å². The second-order valence-corrected chi connectivity index (χ2v) is 8.54. The number of primary sulfonamides is 1. The van der Waals surface area contributed by atoms with Crippen LogP contribution in [0.1, 0.15) is 5.56 Å². The highest BCUT2D eigenvalue weighted by Gasteiger charge is 2.10. The number of hydrogen-bond donors (Lipinski definition) is 3. The molecule has 8 nitrogen and oxygen atoms in total. The summed E-state index contributed by atoms with van der Waals surface area (Å²) in [6.07, 6.45) is 1.03. The lowest BCUT2D eigenvalue weighted by atomic mass is 10.0. The molecule has 4 aromatic rings. The first-order chi connectivity index (χ1) is 15.8. The molecule has 164 valence electrons. The predicted octanol–water partition coefficient (Wildman–Crippen LogP) is 4.29. The van der Waals surface area contributed by atoms with Gasteiger partial charge in [0.1, 0.15) is 0 Å². The molecule has 1 heterocycles. The van der Waals surface area contributed by atoms with E-state index in [1.165, 1.54) is 24.3 Å². The maximum absolute atomic E-state index is 14.4. The number of anilines is 4. The highest BCUT2D eigenvalue weighted by molar-refractivity contribution is 7.89. The summed E-state index contributed by atoms with van der Waals surface area (Å²) in [6.45, 7) is 0. The minimum absolute atomic E-state index is 0.0300. The Bertz CT molecular complexity index is 1450. The minimum atomic E-state index is -3.80. The zero-order valence-corrected chi connectivity index (χ0v) is 17.8. The van der Waals surface area contributed by atoms with E-state index in [9.17, 15) is 12.8 Å². The van der Waals surface area contributed by atoms with Crippen LogP contribution in [0.3, 0.4) is 0 Å². The van der Waals surface area contributed by atoms with E-state index >= 15 is 0 Å². The standard InChI is InChI=1S/C23H17FN6O2S/c24-21-14-27-23(29-18-8-10-20(11-9-18)33(26,31)32)30-22(21)28-19-3-1-2-17(12-19)16-6-4-15(13-25)5-7-16/h1-12,14H,(H2,26,31,32)(H2,27,28,29,30). The van der Waals surface area contributed by atoms with Crippen molar-refractivity contribution in [1.29, 1.82) is 5.26 Å². The molecule has 0 atom stereocenters. The van der Waals surface area contributed by atoms with Gasteiger partial charge < -0.3 is 10.6 Å². The molecular weight excluding hydrogens is 443 g/mol. The minimum Gasteiger partial charge on any atom is -0.338 e. The summed E-state index contributed by atoms with van der Waals surface area (Å²) < 4.78 is 37.1. The van der Waals surface area contributed by atoms with Crippen LogP contribution in [-0.2, 0) is 10.0 Å². The second-order valence-electron chi connectivity index (χ2n) is 6.98. The molecule has 0 saturated carbocycles. The number of nitrogens with two attached hydrogens (primary N) is 1. The lowest BCUT2D eigenvalue weighted by Crippen LogP contribution is -2.11. The van der Waals surface area contributed by atoms with Crippen molar-refractivity contribution in [2.24, 2.45) is 5.14 Å². The van der Waals surface area contributed by atoms with Gasteiger partial charge in [-0.15, -0.1) is 0 Å². The molecular formula is C23H17FN6O2S. The van der Waals surface area contributed by atoms with Gasteiger partial charge in [-0.3, -0.25) is 0 Å². The van der Waals surface area contributed by atoms with Crippen LogP contribution in [0.15, 0.2) is 83.9 Å². The molecule has 4 rings (SSSR count). The van der Waals surface area contributed by atoms with Crippen molar-refractivity contribution in [2.45, 2.75) is 4.90 Å². The van der Waals surface area contributed by atoms with Crippen LogP contribution in [0.5, 0.6) is 0 Å². The first kappa shape index (κ1) is 21.9. The molecule has 4 N–H and O–H groups in total. The number of benzene rings is 3. The average molecular weight is 460 g/mol. The molecule has 0 bridgehead atoms. The van der Waals surface area contributed by atoms with Crippen molar-refractivity contribution in [3.05, 3.63) is 90.4 Å². The Labute approximate surface area is 189 Å². The average Bonchev–Trinajstić information content (AvgIpc) is 2.81. The van der Waals surface area contributed by atoms with E-state index in [1.807, 2.05) is 30.3 Å². The van der Waals surface area contributed by atoms with Gasteiger partial charge >= 0.3 is 0 Å². The summed E-state index contributed by atoms with van der Waals surface area (Å²) in [5.41, 5.74) is 3.47. The largest absolute Gasteiger partial charge is 0.338 e. The molecule has 0 unspecified atom stereocenters. The highest BCUT2D eigenvalue weighted by atomic mass is 32.2. The third kappa shape index (κ3) is 5.30. The first-order valence-corrected chi connectivity index (χ1v) is 11.2. The van der Waals surface area contributed by atoms with E-state index in [0.717, 1.165) is 17.3 Å². The fraction of sp³-hybridized carbons (Fsp3) is 0. The maximum atomic E-state index is 14.4. The van der Waals surface area contributed by atoms with Crippen LogP contribution >= 0.6 is 0 Å². The molecule has 10 heteroatoms. The van der Waals surface area contributed by atoms with Gasteiger partial charge in [0.05, 0.1) is 22.7 Å². The normalized spacial score (nSPS) is 10.9. The van der Waals surface area contributed by atoms with Gasteiger partial charge in [-0.25, -0.2) is 22.9 Å². The van der Waals surface area contributed by atoms with Gasteiger partial charge in [0.15, 0.2) is 11.6 Å². The summed E-state index contributed by atoms with van der Waals surface area (Å²) in [5, 5.41) is 19.9. The van der Waals surface area contributed by atoms with Gasteiger partial charge in [-0.1, -0.05) is 24.3 Å². The van der Waals surface area contributed by atoms with Crippen molar-refractivity contribution >= 4 is 33.2 Å². The molecule has 0 spiro atoms. The second kappa shape index (κ2) is 9.04. The van der Waals surface area contributed by atoms with E-state index in [4.69, 9.17) is 10.4 Å². The molecule has 1 aromatic heterocycles. The van der Waals surface area contributed by atoms with Crippen molar-refractivity contribution in [2.75, 3.05) is 10.6 Å². The smallest absolute Gasteiger partial charge is 0.238 e. The molecule has 0 radical (unpaired) electrons. The molecule has 33 heavy (non-hydrogen) atoms. The molecule has 0 aliphatic carbocycles. The fourth-order valence-electron chi connectivity index (χ4n) is 3.02. The van der Waals surface area contributed by atoms with E-state index in [0.29, 0.717) is 16.9 Å². The van der Waals surface area contributed by atoms with E-state index in [-0.39, 0.29) is 16.7 Å². The van der Waals surface area contributed by atoms with E-state index in [1.54, 1.807) is 18.2 Å². The van der Waals surface area contributed by atoms with Gasteiger partial charge in [-0.05, 0) is 59.7 Å². The number of sulfonamides is 1. The Kier molecular flexibility index (Phi) is 5.99. The summed E-state index contributed by atoms with van der Waals surface area (Å²) in [4.78, 5) is 8.06. The lowest BCUT2D eigenvalue weighted by molar-refractivity contribution is 0.598. The van der Waals surface area contributed by atoms with Crippen LogP contribution in [0, 0.1) is 17.1 Å². The third-order valence-corrected chi connectivity index (χ3v) is 5.58. The Hall–Kier alpha value is -4.33. The maximum Gasteiger partial charge on any atom is 0.238 e. The molecule has 0 fully saturated rings. The molecule has 0 saturated heterocycles. The Balaban J connectivity index is 1.54. The van der Waals surface area contributed by atoms with E-state index in [2.05, 4.69) is 26.7 Å². The van der Waals surface area contributed by atoms with Crippen molar-refractivity contribution in [3.8, 4) is 17.2 Å². The Morgan fingerprint density at radius 2 is 1.64 bits per heavy atom. The number of nitrogens with zero attached hydrogens (tertiary/aromatic N) is 3. The summed E-state index contributed by atoms with van der Waals surface area (Å²) >= 11 is 0. The quantitative estimate of drug-likeness (QED) is 0.391. The number of rotatable bonds is 6. The number of aromatic nitrogens is 2. The van der Waals surface area contributed by atoms with Gasteiger partial charge in [0.2, 0.25) is 16.0 Å². The van der Waals surface area contributed by atoms with Crippen LogP contribution in [0.25, 0.3) is 11.1 Å². The lowest BCUT2D eigenvalue weighted by Gasteiger charge is -2.11. The van der Waals surface area contributed by atoms with Gasteiger partial charge in [-0.2, -0.15) is 10.2 Å². The van der Waals surface area contributed by atoms with E-state index < -0.39 is 15.8 Å². The predicted molar refractivity (Wildman–Crippen MR) is 123 cm³/mol. The van der Waals surface area contributed by atoms with Crippen molar-refractivity contribution in [3.63, 3.8) is 0 Å². The Morgan fingerprint density at radius 1 is 0.909 bits per heavy atom. The molecule has 0 amide bonds. The number of nitriles is 1. The zero-order chi connectivity index (χ0) is 23.4. The Morgan fingerprint density at radius 3 is 2.30 bits per heavy atom. The molecule has 0 aliphatic heterocycles.